The van der Waals surface area contributed by atoms with Crippen LogP contribution in [0.15, 0.2) is 84.0 Å². The highest BCUT2D eigenvalue weighted by Gasteiger charge is 2.25. The lowest BCUT2D eigenvalue weighted by molar-refractivity contribution is 0.758. The Labute approximate surface area is 194 Å². The first-order valence-electron chi connectivity index (χ1n) is 11.4. The summed E-state index contributed by atoms with van der Waals surface area (Å²) in [4.78, 5) is 27.2. The zero-order valence-corrected chi connectivity index (χ0v) is 18.3. The van der Waals surface area contributed by atoms with Crippen molar-refractivity contribution in [2.75, 3.05) is 5.32 Å². The fraction of sp³-hybridized carbons (Fsp3) is 0.111. The number of aryl methyl sites for hydroxylation is 1. The van der Waals surface area contributed by atoms with E-state index in [1.165, 1.54) is 11.1 Å². The van der Waals surface area contributed by atoms with E-state index in [4.69, 9.17) is 0 Å². The van der Waals surface area contributed by atoms with E-state index in [-0.39, 0.29) is 11.7 Å². The Morgan fingerprint density at radius 3 is 2.88 bits per heavy atom. The number of imidazole rings is 2. The molecule has 0 spiro atoms. The van der Waals surface area contributed by atoms with Crippen LogP contribution in [-0.4, -0.2) is 24.5 Å². The van der Waals surface area contributed by atoms with Crippen molar-refractivity contribution < 1.29 is 0 Å². The van der Waals surface area contributed by atoms with Gasteiger partial charge in [-0.05, 0) is 60.4 Å². The molecular weight excluding hydrogens is 424 g/mol. The van der Waals surface area contributed by atoms with E-state index in [1.807, 2.05) is 30.5 Å². The van der Waals surface area contributed by atoms with E-state index in [1.54, 1.807) is 10.9 Å². The molecule has 0 aliphatic heterocycles. The topological polar surface area (TPSA) is 94.3 Å². The van der Waals surface area contributed by atoms with Gasteiger partial charge >= 0.3 is 5.69 Å². The summed E-state index contributed by atoms with van der Waals surface area (Å²) < 4.78 is 1.75. The lowest BCUT2D eigenvalue weighted by Gasteiger charge is -2.17. The number of rotatable bonds is 4. The molecular formula is C27H22N6O. The van der Waals surface area contributed by atoms with Gasteiger partial charge in [-0.3, -0.25) is 9.55 Å². The molecule has 0 fully saturated rings. The molecule has 34 heavy (non-hydrogen) atoms. The highest BCUT2D eigenvalue weighted by Crippen LogP contribution is 2.37. The van der Waals surface area contributed by atoms with Gasteiger partial charge in [-0.15, -0.1) is 0 Å². The summed E-state index contributed by atoms with van der Waals surface area (Å²) in [6.07, 6.45) is 5.61. The van der Waals surface area contributed by atoms with Gasteiger partial charge < -0.3 is 15.3 Å². The van der Waals surface area contributed by atoms with E-state index in [9.17, 15) is 4.79 Å². The molecule has 1 unspecified atom stereocenters. The van der Waals surface area contributed by atoms with E-state index in [0.29, 0.717) is 0 Å². The fourth-order valence-electron chi connectivity index (χ4n) is 5.20. The number of hydrogen-bond donors (Lipinski definition) is 4. The van der Waals surface area contributed by atoms with Crippen molar-refractivity contribution in [3.8, 4) is 16.9 Å². The molecule has 1 atom stereocenters. The molecule has 0 saturated carbocycles. The molecule has 3 aromatic carbocycles. The van der Waals surface area contributed by atoms with Gasteiger partial charge in [0.05, 0.1) is 34.8 Å². The maximum Gasteiger partial charge on any atom is 0.332 e. The number of hydrogen-bond acceptors (Lipinski definition) is 3. The number of nitrogens with zero attached hydrogens (tertiary/aromatic N) is 2. The number of H-pyrrole nitrogens is 3. The molecule has 6 aromatic rings. The summed E-state index contributed by atoms with van der Waals surface area (Å²) in [5, 5.41) is 4.76. The molecule has 1 aliphatic carbocycles. The molecule has 7 nitrogen and oxygen atoms in total. The molecule has 166 valence electrons. The van der Waals surface area contributed by atoms with E-state index in [2.05, 4.69) is 67.7 Å². The lowest BCUT2D eigenvalue weighted by atomic mass is 10.1. The Morgan fingerprint density at radius 1 is 0.971 bits per heavy atom. The van der Waals surface area contributed by atoms with Gasteiger partial charge in [-0.25, -0.2) is 9.78 Å². The summed E-state index contributed by atoms with van der Waals surface area (Å²) in [6.45, 7) is 0. The van der Waals surface area contributed by atoms with E-state index >= 15 is 0 Å². The van der Waals surface area contributed by atoms with Crippen LogP contribution in [0.4, 0.5) is 5.82 Å². The molecule has 3 heterocycles. The number of nitrogens with one attached hydrogen (secondary N) is 4. The summed E-state index contributed by atoms with van der Waals surface area (Å²) in [5.41, 5.74) is 7.84. The van der Waals surface area contributed by atoms with Gasteiger partial charge in [0.25, 0.3) is 0 Å². The molecule has 0 radical (unpaired) electrons. The van der Waals surface area contributed by atoms with Crippen molar-refractivity contribution in [2.45, 2.75) is 18.9 Å². The zero-order chi connectivity index (χ0) is 22.6. The summed E-state index contributed by atoms with van der Waals surface area (Å²) >= 11 is 0. The Bertz CT molecular complexity index is 1730. The number of aromatic nitrogens is 5. The third-order valence-corrected chi connectivity index (χ3v) is 6.84. The van der Waals surface area contributed by atoms with Crippen LogP contribution < -0.4 is 11.0 Å². The number of aromatic amines is 3. The standard InChI is InChI=1S/C27H22N6O/c34-27-32-26(31-22-9-5-16-3-1-2-4-20(16)22)25(18-6-8-21-17(13-18)11-12-28-21)33(27)19-7-10-23-24(14-19)30-15-29-23/h1-4,6-8,10-15,22,28,31H,5,9H2,(H,29,30)(H,32,34). The van der Waals surface area contributed by atoms with Crippen LogP contribution in [-0.2, 0) is 6.42 Å². The Morgan fingerprint density at radius 2 is 1.91 bits per heavy atom. The van der Waals surface area contributed by atoms with Crippen LogP contribution in [0.1, 0.15) is 23.6 Å². The number of benzene rings is 3. The Balaban J connectivity index is 1.42. The van der Waals surface area contributed by atoms with Crippen LogP contribution in [0.2, 0.25) is 0 Å². The molecule has 4 N–H and O–H groups in total. The second-order valence-electron chi connectivity index (χ2n) is 8.81. The van der Waals surface area contributed by atoms with Gasteiger partial charge in [-0.1, -0.05) is 30.3 Å². The maximum absolute atomic E-state index is 13.4. The first-order chi connectivity index (χ1) is 16.7. The first kappa shape index (κ1) is 19.0. The third-order valence-electron chi connectivity index (χ3n) is 6.84. The minimum absolute atomic E-state index is 0.146. The van der Waals surface area contributed by atoms with Crippen molar-refractivity contribution in [1.82, 2.24) is 24.5 Å². The average molecular weight is 447 g/mol. The predicted molar refractivity (Wildman–Crippen MR) is 134 cm³/mol. The minimum Gasteiger partial charge on any atom is -0.363 e. The summed E-state index contributed by atoms with van der Waals surface area (Å²) in [5.74, 6) is 0.728. The first-order valence-corrected chi connectivity index (χ1v) is 11.4. The SMILES string of the molecule is O=c1[nH]c(NC2CCc3ccccc32)c(-c2ccc3[nH]ccc3c2)n1-c1ccc2nc[nH]c2c1. The number of anilines is 1. The quantitative estimate of drug-likeness (QED) is 0.296. The Hall–Kier alpha value is -4.52. The van der Waals surface area contributed by atoms with Crippen LogP contribution in [0.3, 0.4) is 0 Å². The van der Waals surface area contributed by atoms with Crippen LogP contribution in [0.5, 0.6) is 0 Å². The zero-order valence-electron chi connectivity index (χ0n) is 18.3. The monoisotopic (exact) mass is 446 g/mol. The predicted octanol–water partition coefficient (Wildman–Crippen LogP) is 5.29. The van der Waals surface area contributed by atoms with Gasteiger partial charge in [-0.2, -0.15) is 0 Å². The van der Waals surface area contributed by atoms with Crippen molar-refractivity contribution in [3.05, 3.63) is 101 Å². The smallest absolute Gasteiger partial charge is 0.332 e. The molecule has 0 bridgehead atoms. The molecule has 7 heteroatoms. The summed E-state index contributed by atoms with van der Waals surface area (Å²) in [7, 11) is 0. The normalized spacial score (nSPS) is 15.2. The number of fused-ring (bicyclic) bond motifs is 3. The molecule has 1 aliphatic rings. The van der Waals surface area contributed by atoms with Gasteiger partial charge in [0.2, 0.25) is 0 Å². The summed E-state index contributed by atoms with van der Waals surface area (Å²) in [6, 6.07) is 22.8. The largest absolute Gasteiger partial charge is 0.363 e. The van der Waals surface area contributed by atoms with Crippen LogP contribution >= 0.6 is 0 Å². The fourth-order valence-corrected chi connectivity index (χ4v) is 5.20. The van der Waals surface area contributed by atoms with Crippen LogP contribution in [0.25, 0.3) is 38.9 Å². The van der Waals surface area contributed by atoms with E-state index < -0.39 is 0 Å². The van der Waals surface area contributed by atoms with Crippen molar-refractivity contribution in [3.63, 3.8) is 0 Å². The highest BCUT2D eigenvalue weighted by molar-refractivity contribution is 5.87. The van der Waals surface area contributed by atoms with Gasteiger partial charge in [0, 0.05) is 22.7 Å². The average Bonchev–Trinajstić information content (AvgIpc) is 3.64. The minimum atomic E-state index is -0.184. The Kier molecular flexibility index (Phi) is 4.05. The third kappa shape index (κ3) is 2.90. The van der Waals surface area contributed by atoms with Gasteiger partial charge in [0.1, 0.15) is 5.82 Å². The van der Waals surface area contributed by atoms with Crippen molar-refractivity contribution >= 4 is 27.8 Å². The van der Waals surface area contributed by atoms with Crippen molar-refractivity contribution in [1.29, 1.82) is 0 Å². The molecule has 3 aromatic heterocycles. The second-order valence-corrected chi connectivity index (χ2v) is 8.81. The second kappa shape index (κ2) is 7.25. The van der Waals surface area contributed by atoms with E-state index in [0.717, 1.165) is 57.5 Å². The molecule has 0 amide bonds. The maximum atomic E-state index is 13.4. The lowest BCUT2D eigenvalue weighted by Crippen LogP contribution is -2.15. The van der Waals surface area contributed by atoms with Crippen LogP contribution in [0, 0.1) is 0 Å². The molecule has 7 rings (SSSR count). The van der Waals surface area contributed by atoms with Gasteiger partial charge in [0.15, 0.2) is 0 Å². The van der Waals surface area contributed by atoms with Crippen molar-refractivity contribution in [2.24, 2.45) is 0 Å². The molecule has 0 saturated heterocycles. The highest BCUT2D eigenvalue weighted by atomic mass is 16.1.